The minimum absolute atomic E-state index is 0.233. The highest BCUT2D eigenvalue weighted by molar-refractivity contribution is 7.90. The highest BCUT2D eigenvalue weighted by Crippen LogP contribution is 2.20. The molecule has 0 amide bonds. The Morgan fingerprint density at radius 3 is 2.50 bits per heavy atom. The van der Waals surface area contributed by atoms with Gasteiger partial charge in [-0.05, 0) is 44.0 Å². The molecule has 1 heterocycles. The van der Waals surface area contributed by atoms with E-state index in [0.29, 0.717) is 4.90 Å². The molecule has 4 nitrogen and oxygen atoms in total. The van der Waals surface area contributed by atoms with E-state index in [0.717, 1.165) is 25.1 Å². The molecule has 0 aromatic heterocycles. The third kappa shape index (κ3) is 3.23. The SMILES string of the molecule is CC(Nc1ccc(S(C)(=O)=O)cc1)C1CCCO1. The second-order valence-corrected chi connectivity index (χ2v) is 6.80. The van der Waals surface area contributed by atoms with E-state index in [1.807, 2.05) is 0 Å². The second kappa shape index (κ2) is 5.28. The number of hydrogen-bond donors (Lipinski definition) is 1. The van der Waals surface area contributed by atoms with Gasteiger partial charge in [-0.15, -0.1) is 0 Å². The number of sulfone groups is 1. The predicted octanol–water partition coefficient (Wildman–Crippen LogP) is 2.07. The molecule has 2 atom stereocenters. The molecule has 1 fully saturated rings. The van der Waals surface area contributed by atoms with Crippen molar-refractivity contribution in [2.75, 3.05) is 18.2 Å². The van der Waals surface area contributed by atoms with Gasteiger partial charge < -0.3 is 10.1 Å². The quantitative estimate of drug-likeness (QED) is 0.909. The molecule has 0 saturated carbocycles. The van der Waals surface area contributed by atoms with Gasteiger partial charge in [-0.3, -0.25) is 0 Å². The van der Waals surface area contributed by atoms with Crippen molar-refractivity contribution in [3.8, 4) is 0 Å². The summed E-state index contributed by atoms with van der Waals surface area (Å²) in [4.78, 5) is 0.345. The molecule has 1 N–H and O–H groups in total. The lowest BCUT2D eigenvalue weighted by molar-refractivity contribution is 0.0996. The molecular formula is C13H19NO3S. The Morgan fingerprint density at radius 1 is 1.33 bits per heavy atom. The zero-order valence-corrected chi connectivity index (χ0v) is 11.5. The predicted molar refractivity (Wildman–Crippen MR) is 71.6 cm³/mol. The van der Waals surface area contributed by atoms with E-state index in [-0.39, 0.29) is 12.1 Å². The first kappa shape index (κ1) is 13.4. The molecule has 1 aromatic rings. The van der Waals surface area contributed by atoms with Crippen LogP contribution in [0.2, 0.25) is 0 Å². The Morgan fingerprint density at radius 2 is 2.00 bits per heavy atom. The van der Waals surface area contributed by atoms with Gasteiger partial charge >= 0.3 is 0 Å². The molecule has 100 valence electrons. The van der Waals surface area contributed by atoms with Crippen LogP contribution in [-0.2, 0) is 14.6 Å². The Kier molecular flexibility index (Phi) is 3.92. The van der Waals surface area contributed by atoms with Gasteiger partial charge in [0.15, 0.2) is 9.84 Å². The maximum atomic E-state index is 11.3. The van der Waals surface area contributed by atoms with Gasteiger partial charge in [0.05, 0.1) is 11.0 Å². The van der Waals surface area contributed by atoms with Crippen LogP contribution in [0.5, 0.6) is 0 Å². The highest BCUT2D eigenvalue weighted by atomic mass is 32.2. The standard InChI is InChI=1S/C13H19NO3S/c1-10(13-4-3-9-17-13)14-11-5-7-12(8-6-11)18(2,15)16/h5-8,10,13-14H,3-4,9H2,1-2H3. The van der Waals surface area contributed by atoms with Gasteiger partial charge in [0.1, 0.15) is 0 Å². The fourth-order valence-electron chi connectivity index (χ4n) is 2.15. The minimum atomic E-state index is -3.12. The van der Waals surface area contributed by atoms with Gasteiger partial charge in [0.2, 0.25) is 0 Å². The minimum Gasteiger partial charge on any atom is -0.380 e. The van der Waals surface area contributed by atoms with E-state index in [1.165, 1.54) is 6.26 Å². The van der Waals surface area contributed by atoms with Crippen LogP contribution >= 0.6 is 0 Å². The van der Waals surface area contributed by atoms with Gasteiger partial charge in [-0.1, -0.05) is 0 Å². The first-order chi connectivity index (χ1) is 8.47. The normalized spacial score (nSPS) is 21.8. The van der Waals surface area contributed by atoms with Crippen LogP contribution in [0.1, 0.15) is 19.8 Å². The molecular weight excluding hydrogens is 250 g/mol. The molecule has 1 saturated heterocycles. The molecule has 1 aromatic carbocycles. The third-order valence-electron chi connectivity index (χ3n) is 3.20. The lowest BCUT2D eigenvalue weighted by Gasteiger charge is -2.21. The van der Waals surface area contributed by atoms with E-state index < -0.39 is 9.84 Å². The van der Waals surface area contributed by atoms with Crippen molar-refractivity contribution < 1.29 is 13.2 Å². The Bertz CT molecular complexity index is 489. The van der Waals surface area contributed by atoms with E-state index in [9.17, 15) is 8.42 Å². The molecule has 1 aliphatic heterocycles. The Labute approximate surface area is 108 Å². The number of benzene rings is 1. The molecule has 0 spiro atoms. The van der Waals surface area contributed by atoms with Crippen LogP contribution in [0.4, 0.5) is 5.69 Å². The average Bonchev–Trinajstić information content (AvgIpc) is 2.82. The fourth-order valence-corrected chi connectivity index (χ4v) is 2.78. The van der Waals surface area contributed by atoms with Gasteiger partial charge in [0.25, 0.3) is 0 Å². The first-order valence-corrected chi connectivity index (χ1v) is 8.04. The maximum Gasteiger partial charge on any atom is 0.175 e. The lowest BCUT2D eigenvalue weighted by atomic mass is 10.1. The summed E-state index contributed by atoms with van der Waals surface area (Å²) in [5.74, 6) is 0. The van der Waals surface area contributed by atoms with Crippen LogP contribution < -0.4 is 5.32 Å². The first-order valence-electron chi connectivity index (χ1n) is 6.15. The van der Waals surface area contributed by atoms with Crippen molar-refractivity contribution in [3.05, 3.63) is 24.3 Å². The smallest absolute Gasteiger partial charge is 0.175 e. The lowest BCUT2D eigenvalue weighted by Crippen LogP contribution is -2.29. The van der Waals surface area contributed by atoms with Crippen molar-refractivity contribution in [2.45, 2.75) is 36.8 Å². The number of ether oxygens (including phenoxy) is 1. The van der Waals surface area contributed by atoms with Gasteiger partial charge in [-0.25, -0.2) is 8.42 Å². The summed E-state index contributed by atoms with van der Waals surface area (Å²) in [7, 11) is -3.12. The summed E-state index contributed by atoms with van der Waals surface area (Å²) in [5.41, 5.74) is 0.922. The van der Waals surface area contributed by atoms with Crippen molar-refractivity contribution >= 4 is 15.5 Å². The average molecular weight is 269 g/mol. The summed E-state index contributed by atoms with van der Waals surface area (Å²) in [6, 6.07) is 7.07. The molecule has 0 radical (unpaired) electrons. The molecule has 2 rings (SSSR count). The number of anilines is 1. The topological polar surface area (TPSA) is 55.4 Å². The van der Waals surface area contributed by atoms with E-state index in [2.05, 4.69) is 12.2 Å². The van der Waals surface area contributed by atoms with Crippen molar-refractivity contribution in [2.24, 2.45) is 0 Å². The summed E-state index contributed by atoms with van der Waals surface area (Å²) in [6.45, 7) is 2.92. The fraction of sp³-hybridized carbons (Fsp3) is 0.538. The van der Waals surface area contributed by atoms with Crippen LogP contribution in [0.3, 0.4) is 0 Å². The summed E-state index contributed by atoms with van der Waals surface area (Å²) in [6.07, 6.45) is 3.66. The van der Waals surface area contributed by atoms with Crippen molar-refractivity contribution in [1.82, 2.24) is 0 Å². The molecule has 1 aliphatic rings. The van der Waals surface area contributed by atoms with Crippen molar-refractivity contribution in [3.63, 3.8) is 0 Å². The zero-order valence-electron chi connectivity index (χ0n) is 10.7. The Hall–Kier alpha value is -1.07. The van der Waals surface area contributed by atoms with E-state index >= 15 is 0 Å². The zero-order chi connectivity index (χ0) is 13.2. The number of rotatable bonds is 4. The maximum absolute atomic E-state index is 11.3. The highest BCUT2D eigenvalue weighted by Gasteiger charge is 2.22. The summed E-state index contributed by atoms with van der Waals surface area (Å²) >= 11 is 0. The monoisotopic (exact) mass is 269 g/mol. The van der Waals surface area contributed by atoms with E-state index in [4.69, 9.17) is 4.74 Å². The van der Waals surface area contributed by atoms with Gasteiger partial charge in [-0.2, -0.15) is 0 Å². The van der Waals surface area contributed by atoms with Crippen LogP contribution in [0.25, 0.3) is 0 Å². The van der Waals surface area contributed by atoms with Crippen molar-refractivity contribution in [1.29, 1.82) is 0 Å². The van der Waals surface area contributed by atoms with Gasteiger partial charge in [0, 0.05) is 24.6 Å². The van der Waals surface area contributed by atoms with Crippen LogP contribution in [0, 0.1) is 0 Å². The number of nitrogens with one attached hydrogen (secondary N) is 1. The molecule has 18 heavy (non-hydrogen) atoms. The molecule has 0 aliphatic carbocycles. The molecule has 2 unspecified atom stereocenters. The largest absolute Gasteiger partial charge is 0.380 e. The van der Waals surface area contributed by atoms with Crippen LogP contribution in [-0.4, -0.2) is 33.4 Å². The number of hydrogen-bond acceptors (Lipinski definition) is 4. The van der Waals surface area contributed by atoms with Crippen LogP contribution in [0.15, 0.2) is 29.2 Å². The molecule has 0 bridgehead atoms. The second-order valence-electron chi connectivity index (χ2n) is 4.78. The summed E-state index contributed by atoms with van der Waals surface area (Å²) < 4.78 is 28.3. The third-order valence-corrected chi connectivity index (χ3v) is 4.33. The summed E-state index contributed by atoms with van der Waals surface area (Å²) in [5, 5.41) is 3.34. The molecule has 5 heteroatoms. The Balaban J connectivity index is 2.02. The van der Waals surface area contributed by atoms with E-state index in [1.54, 1.807) is 24.3 Å².